The molecule has 3 aromatic carbocycles. The molecule has 0 spiro atoms. The molecule has 0 aliphatic carbocycles. The van der Waals surface area contributed by atoms with Gasteiger partial charge in [-0.1, -0.05) is 60.7 Å². The predicted octanol–water partition coefficient (Wildman–Crippen LogP) is 3.92. The van der Waals surface area contributed by atoms with Gasteiger partial charge < -0.3 is 10.2 Å². The van der Waals surface area contributed by atoms with Gasteiger partial charge in [-0.3, -0.25) is 9.59 Å². The molecule has 0 saturated carbocycles. The Morgan fingerprint density at radius 2 is 1.67 bits per heavy atom. The molecule has 152 valence electrons. The lowest BCUT2D eigenvalue weighted by atomic mass is 9.95. The highest BCUT2D eigenvalue weighted by atomic mass is 19.1. The highest BCUT2D eigenvalue weighted by molar-refractivity contribution is 5.94. The lowest BCUT2D eigenvalue weighted by molar-refractivity contribution is -0.124. The predicted molar refractivity (Wildman–Crippen MR) is 114 cm³/mol. The summed E-state index contributed by atoms with van der Waals surface area (Å²) in [5.41, 5.74) is 2.95. The van der Waals surface area contributed by atoms with Gasteiger partial charge in [-0.15, -0.1) is 0 Å². The normalized spacial score (nSPS) is 16.6. The lowest BCUT2D eigenvalue weighted by Crippen LogP contribution is -2.37. The highest BCUT2D eigenvalue weighted by Crippen LogP contribution is 2.24. The molecule has 0 aromatic heterocycles. The molecule has 1 aliphatic rings. The second-order valence-electron chi connectivity index (χ2n) is 7.49. The number of rotatable bonds is 4. The second kappa shape index (κ2) is 8.91. The average molecular weight is 402 g/mol. The van der Waals surface area contributed by atoms with Crippen molar-refractivity contribution in [3.63, 3.8) is 0 Å². The van der Waals surface area contributed by atoms with E-state index in [1.165, 1.54) is 6.07 Å². The molecular formula is C25H23FN2O2. The van der Waals surface area contributed by atoms with Crippen LogP contribution in [0.2, 0.25) is 0 Å². The molecular weight excluding hydrogens is 379 g/mol. The minimum absolute atomic E-state index is 0.0449. The minimum Gasteiger partial charge on any atom is -0.354 e. The standard InChI is InChI=1S/C25H23FN2O2/c26-23-9-5-4-8-22(23)19-12-10-18(11-13-19)16-21-17-28(15-14-27-24(21)29)25(30)20-6-2-1-3-7-20/h1-13,21H,14-17H2,(H,27,29)/t21-/m0/s1. The third-order valence-corrected chi connectivity index (χ3v) is 5.42. The van der Waals surface area contributed by atoms with Crippen molar-refractivity contribution in [1.82, 2.24) is 10.2 Å². The van der Waals surface area contributed by atoms with Crippen LogP contribution in [0.5, 0.6) is 0 Å². The summed E-state index contributed by atoms with van der Waals surface area (Å²) in [5.74, 6) is -0.702. The summed E-state index contributed by atoms with van der Waals surface area (Å²) in [5, 5.41) is 2.91. The molecule has 30 heavy (non-hydrogen) atoms. The van der Waals surface area contributed by atoms with Gasteiger partial charge in [0, 0.05) is 30.8 Å². The number of amides is 2. The van der Waals surface area contributed by atoms with Gasteiger partial charge in [0.2, 0.25) is 5.91 Å². The van der Waals surface area contributed by atoms with Crippen molar-refractivity contribution < 1.29 is 14.0 Å². The molecule has 0 radical (unpaired) electrons. The molecule has 2 amide bonds. The summed E-state index contributed by atoms with van der Waals surface area (Å²) < 4.78 is 14.0. The number of benzene rings is 3. The first kappa shape index (κ1) is 19.8. The Morgan fingerprint density at radius 3 is 2.40 bits per heavy atom. The van der Waals surface area contributed by atoms with E-state index in [1.807, 2.05) is 42.5 Å². The monoisotopic (exact) mass is 402 g/mol. The zero-order chi connectivity index (χ0) is 20.9. The zero-order valence-electron chi connectivity index (χ0n) is 16.6. The summed E-state index contributed by atoms with van der Waals surface area (Å²) in [6, 6.07) is 23.4. The number of hydrogen-bond donors (Lipinski definition) is 1. The van der Waals surface area contributed by atoms with Gasteiger partial charge in [0.15, 0.2) is 0 Å². The maximum Gasteiger partial charge on any atom is 0.253 e. The van der Waals surface area contributed by atoms with Gasteiger partial charge in [0.25, 0.3) is 5.91 Å². The van der Waals surface area contributed by atoms with Gasteiger partial charge in [-0.05, 0) is 35.7 Å². The summed E-state index contributed by atoms with van der Waals surface area (Å²) >= 11 is 0. The number of nitrogens with one attached hydrogen (secondary N) is 1. The second-order valence-corrected chi connectivity index (χ2v) is 7.49. The van der Waals surface area contributed by atoms with Crippen molar-refractivity contribution in [3.8, 4) is 11.1 Å². The molecule has 1 N–H and O–H groups in total. The van der Waals surface area contributed by atoms with E-state index >= 15 is 0 Å². The molecule has 1 aliphatic heterocycles. The van der Waals surface area contributed by atoms with E-state index in [0.717, 1.165) is 11.1 Å². The quantitative estimate of drug-likeness (QED) is 0.719. The largest absolute Gasteiger partial charge is 0.354 e. The molecule has 0 unspecified atom stereocenters. The van der Waals surface area contributed by atoms with E-state index < -0.39 is 0 Å². The molecule has 5 heteroatoms. The first-order valence-electron chi connectivity index (χ1n) is 10.1. The fraction of sp³-hybridized carbons (Fsp3) is 0.200. The van der Waals surface area contributed by atoms with Crippen LogP contribution in [0, 0.1) is 11.7 Å². The zero-order valence-corrected chi connectivity index (χ0v) is 16.6. The van der Waals surface area contributed by atoms with Gasteiger partial charge in [-0.25, -0.2) is 4.39 Å². The maximum atomic E-state index is 14.0. The van der Waals surface area contributed by atoms with Crippen LogP contribution in [0.3, 0.4) is 0 Å². The Morgan fingerprint density at radius 1 is 0.967 bits per heavy atom. The van der Waals surface area contributed by atoms with Crippen LogP contribution in [0.15, 0.2) is 78.9 Å². The Hall–Kier alpha value is -3.47. The van der Waals surface area contributed by atoms with E-state index in [-0.39, 0.29) is 23.5 Å². The van der Waals surface area contributed by atoms with Gasteiger partial charge in [0.1, 0.15) is 5.82 Å². The Balaban J connectivity index is 1.49. The number of nitrogens with zero attached hydrogens (tertiary/aromatic N) is 1. The van der Waals surface area contributed by atoms with E-state index in [4.69, 9.17) is 0 Å². The fourth-order valence-electron chi connectivity index (χ4n) is 3.80. The molecule has 1 fully saturated rings. The average Bonchev–Trinajstić information content (AvgIpc) is 2.96. The van der Waals surface area contributed by atoms with Crippen molar-refractivity contribution in [1.29, 1.82) is 0 Å². The Labute approximate surface area is 175 Å². The van der Waals surface area contributed by atoms with Gasteiger partial charge >= 0.3 is 0 Å². The van der Waals surface area contributed by atoms with Crippen LogP contribution < -0.4 is 5.32 Å². The van der Waals surface area contributed by atoms with Crippen LogP contribution in [-0.4, -0.2) is 36.3 Å². The summed E-state index contributed by atoms with van der Waals surface area (Å²) in [6.07, 6.45) is 0.516. The van der Waals surface area contributed by atoms with Gasteiger partial charge in [-0.2, -0.15) is 0 Å². The smallest absolute Gasteiger partial charge is 0.253 e. The van der Waals surface area contributed by atoms with E-state index in [2.05, 4.69) is 5.32 Å². The van der Waals surface area contributed by atoms with Crippen LogP contribution in [-0.2, 0) is 11.2 Å². The molecule has 3 aromatic rings. The molecule has 4 rings (SSSR count). The topological polar surface area (TPSA) is 49.4 Å². The van der Waals surface area contributed by atoms with Gasteiger partial charge in [0.05, 0.1) is 5.92 Å². The molecule has 1 heterocycles. The van der Waals surface area contributed by atoms with Crippen LogP contribution in [0.4, 0.5) is 4.39 Å². The molecule has 1 atom stereocenters. The third-order valence-electron chi connectivity index (χ3n) is 5.42. The first-order chi connectivity index (χ1) is 14.6. The number of carbonyl (C=O) groups excluding carboxylic acids is 2. The molecule has 0 bridgehead atoms. The van der Waals surface area contributed by atoms with E-state index in [9.17, 15) is 14.0 Å². The van der Waals surface area contributed by atoms with Crippen LogP contribution in [0.25, 0.3) is 11.1 Å². The molecule has 4 nitrogen and oxygen atoms in total. The minimum atomic E-state index is -0.334. The summed E-state index contributed by atoms with van der Waals surface area (Å²) in [7, 11) is 0. The van der Waals surface area contributed by atoms with Crippen molar-refractivity contribution >= 4 is 11.8 Å². The Kier molecular flexibility index (Phi) is 5.89. The van der Waals surface area contributed by atoms with Crippen molar-refractivity contribution in [3.05, 3.63) is 95.8 Å². The number of halogens is 1. The van der Waals surface area contributed by atoms with Crippen LogP contribution >= 0.6 is 0 Å². The number of hydrogen-bond acceptors (Lipinski definition) is 2. The SMILES string of the molecule is O=C1NCCN(C(=O)c2ccccc2)C[C@@H]1Cc1ccc(-c2ccccc2F)cc1. The van der Waals surface area contributed by atoms with E-state index in [0.29, 0.717) is 37.2 Å². The summed E-state index contributed by atoms with van der Waals surface area (Å²) in [6.45, 7) is 1.30. The van der Waals surface area contributed by atoms with Crippen molar-refractivity contribution in [2.75, 3.05) is 19.6 Å². The Bertz CT molecular complexity index is 1030. The lowest BCUT2D eigenvalue weighted by Gasteiger charge is -2.23. The van der Waals surface area contributed by atoms with E-state index in [1.54, 1.807) is 35.2 Å². The maximum absolute atomic E-state index is 14.0. The van der Waals surface area contributed by atoms with Crippen molar-refractivity contribution in [2.24, 2.45) is 5.92 Å². The van der Waals surface area contributed by atoms with Crippen molar-refractivity contribution in [2.45, 2.75) is 6.42 Å². The first-order valence-corrected chi connectivity index (χ1v) is 10.1. The summed E-state index contributed by atoms with van der Waals surface area (Å²) in [4.78, 5) is 27.1. The fourth-order valence-corrected chi connectivity index (χ4v) is 3.80. The highest BCUT2D eigenvalue weighted by Gasteiger charge is 2.28. The van der Waals surface area contributed by atoms with Crippen LogP contribution in [0.1, 0.15) is 15.9 Å². The number of carbonyl (C=O) groups is 2. The third kappa shape index (κ3) is 4.40. The molecule has 1 saturated heterocycles.